The molecule has 1 N–H and O–H groups in total. The van der Waals surface area contributed by atoms with Gasteiger partial charge in [-0.05, 0) is 6.07 Å². The maximum Gasteiger partial charge on any atom is 0.329 e. The Morgan fingerprint density at radius 1 is 1.47 bits per heavy atom. The minimum Gasteiger partial charge on any atom is -0.298 e. The molecular formula is C10H11ClN4O2. The molecule has 0 fully saturated rings. The van der Waals surface area contributed by atoms with Crippen molar-refractivity contribution in [3.63, 3.8) is 0 Å². The molecule has 6 nitrogen and oxygen atoms in total. The Morgan fingerprint density at radius 2 is 2.24 bits per heavy atom. The molecule has 0 saturated carbocycles. The van der Waals surface area contributed by atoms with Gasteiger partial charge in [-0.15, -0.1) is 0 Å². The molecule has 17 heavy (non-hydrogen) atoms. The summed E-state index contributed by atoms with van der Waals surface area (Å²) in [7, 11) is 1.81. The highest BCUT2D eigenvalue weighted by molar-refractivity contribution is 6.29. The van der Waals surface area contributed by atoms with Crippen LogP contribution in [0.3, 0.4) is 0 Å². The molecule has 0 aliphatic carbocycles. The van der Waals surface area contributed by atoms with E-state index in [2.05, 4.69) is 10.1 Å². The quantitative estimate of drug-likeness (QED) is 0.794. The van der Waals surface area contributed by atoms with Crippen LogP contribution in [0.4, 0.5) is 0 Å². The van der Waals surface area contributed by atoms with Crippen molar-refractivity contribution in [2.24, 2.45) is 7.05 Å². The van der Waals surface area contributed by atoms with E-state index < -0.39 is 11.2 Å². The van der Waals surface area contributed by atoms with Crippen molar-refractivity contribution in [2.75, 3.05) is 0 Å². The van der Waals surface area contributed by atoms with Crippen LogP contribution in [0.1, 0.15) is 5.69 Å². The summed E-state index contributed by atoms with van der Waals surface area (Å²) in [6.45, 7) is 0.296. The molecule has 2 aromatic heterocycles. The fourth-order valence-electron chi connectivity index (χ4n) is 1.58. The van der Waals surface area contributed by atoms with Crippen molar-refractivity contribution in [1.82, 2.24) is 19.3 Å². The summed E-state index contributed by atoms with van der Waals surface area (Å²) < 4.78 is 2.81. The third-order valence-electron chi connectivity index (χ3n) is 2.50. The maximum absolute atomic E-state index is 11.5. The Morgan fingerprint density at radius 3 is 2.82 bits per heavy atom. The normalized spacial score (nSPS) is 10.7. The van der Waals surface area contributed by atoms with Crippen LogP contribution < -0.4 is 11.2 Å². The minimum absolute atomic E-state index is 0.0526. The van der Waals surface area contributed by atoms with Crippen molar-refractivity contribution < 1.29 is 0 Å². The summed E-state index contributed by atoms with van der Waals surface area (Å²) in [6, 6.07) is 3.03. The predicted octanol–water partition coefficient (Wildman–Crippen LogP) is 0.166. The summed E-state index contributed by atoms with van der Waals surface area (Å²) in [5.74, 6) is 0. The molecule has 0 bridgehead atoms. The maximum atomic E-state index is 11.5. The van der Waals surface area contributed by atoms with Gasteiger partial charge in [-0.1, -0.05) is 11.6 Å². The number of nitrogens with one attached hydrogen (secondary N) is 1. The smallest absolute Gasteiger partial charge is 0.298 e. The van der Waals surface area contributed by atoms with Gasteiger partial charge >= 0.3 is 5.69 Å². The van der Waals surface area contributed by atoms with Gasteiger partial charge in [0.1, 0.15) is 5.15 Å². The molecule has 0 unspecified atom stereocenters. The van der Waals surface area contributed by atoms with Crippen LogP contribution in [0.15, 0.2) is 27.9 Å². The molecule has 7 heteroatoms. The van der Waals surface area contributed by atoms with Gasteiger partial charge in [-0.2, -0.15) is 5.10 Å². The molecule has 90 valence electrons. The molecule has 0 saturated heterocycles. The summed E-state index contributed by atoms with van der Waals surface area (Å²) in [5, 5.41) is 4.06. The van der Waals surface area contributed by atoms with Crippen LogP contribution >= 0.6 is 11.6 Å². The zero-order chi connectivity index (χ0) is 12.4. The van der Waals surface area contributed by atoms with Crippen LogP contribution in [0.2, 0.25) is 5.15 Å². The van der Waals surface area contributed by atoms with Crippen molar-refractivity contribution in [3.05, 3.63) is 50.0 Å². The SMILES string of the molecule is Cn1nccc1CCn1c(=O)cc(Cl)[nH]c1=O. The van der Waals surface area contributed by atoms with E-state index in [1.807, 2.05) is 13.1 Å². The Kier molecular flexibility index (Phi) is 3.14. The van der Waals surface area contributed by atoms with Gasteiger partial charge in [0, 0.05) is 38.0 Å². The van der Waals surface area contributed by atoms with Crippen molar-refractivity contribution in [2.45, 2.75) is 13.0 Å². The number of nitrogens with zero attached hydrogens (tertiary/aromatic N) is 3. The summed E-state index contributed by atoms with van der Waals surface area (Å²) in [6.07, 6.45) is 2.23. The number of hydrogen-bond donors (Lipinski definition) is 1. The second-order valence-corrected chi connectivity index (χ2v) is 4.02. The van der Waals surface area contributed by atoms with Gasteiger partial charge in [-0.25, -0.2) is 4.79 Å². The van der Waals surface area contributed by atoms with E-state index in [4.69, 9.17) is 11.6 Å². The van der Waals surface area contributed by atoms with Gasteiger partial charge in [-0.3, -0.25) is 19.0 Å². The molecule has 0 radical (unpaired) electrons. The molecule has 0 aliphatic rings. The molecular weight excluding hydrogens is 244 g/mol. The molecule has 0 aliphatic heterocycles. The number of aryl methyl sites for hydroxylation is 2. The highest BCUT2D eigenvalue weighted by atomic mass is 35.5. The first-order valence-corrected chi connectivity index (χ1v) is 5.42. The summed E-state index contributed by atoms with van der Waals surface area (Å²) >= 11 is 5.56. The van der Waals surface area contributed by atoms with Crippen LogP contribution in [0.25, 0.3) is 0 Å². The number of rotatable bonds is 3. The Labute approximate surface area is 101 Å². The first-order valence-electron chi connectivity index (χ1n) is 5.04. The van der Waals surface area contributed by atoms with Gasteiger partial charge < -0.3 is 0 Å². The standard InChI is InChI=1S/C10H11ClN4O2/c1-14-7(2-4-12-14)3-5-15-9(16)6-8(11)13-10(15)17/h2,4,6H,3,5H2,1H3,(H,13,17). The van der Waals surface area contributed by atoms with Crippen LogP contribution in [0.5, 0.6) is 0 Å². The topological polar surface area (TPSA) is 72.7 Å². The van der Waals surface area contributed by atoms with E-state index in [0.29, 0.717) is 13.0 Å². The summed E-state index contributed by atoms with van der Waals surface area (Å²) in [5.41, 5.74) is 0.0526. The number of halogens is 1. The van der Waals surface area contributed by atoms with E-state index in [0.717, 1.165) is 10.3 Å². The largest absolute Gasteiger partial charge is 0.329 e. The zero-order valence-electron chi connectivity index (χ0n) is 9.18. The Bertz CT molecular complexity index is 609. The molecule has 0 aromatic carbocycles. The highest BCUT2D eigenvalue weighted by Crippen LogP contribution is 1.99. The monoisotopic (exact) mass is 254 g/mol. The first kappa shape index (κ1) is 11.7. The lowest BCUT2D eigenvalue weighted by molar-refractivity contribution is 0.596. The van der Waals surface area contributed by atoms with Crippen molar-refractivity contribution >= 4 is 11.6 Å². The van der Waals surface area contributed by atoms with Crippen molar-refractivity contribution in [1.29, 1.82) is 0 Å². The third-order valence-corrected chi connectivity index (χ3v) is 2.71. The summed E-state index contributed by atoms with van der Waals surface area (Å²) in [4.78, 5) is 25.4. The minimum atomic E-state index is -0.496. The number of aromatic amines is 1. The average molecular weight is 255 g/mol. The van der Waals surface area contributed by atoms with Crippen LogP contribution in [0, 0.1) is 0 Å². The van der Waals surface area contributed by atoms with Crippen molar-refractivity contribution in [3.8, 4) is 0 Å². The molecule has 0 atom stereocenters. The van der Waals surface area contributed by atoms with Gasteiger partial charge in [0.2, 0.25) is 0 Å². The van der Waals surface area contributed by atoms with Gasteiger partial charge in [0.25, 0.3) is 5.56 Å². The number of H-pyrrole nitrogens is 1. The first-order chi connectivity index (χ1) is 8.08. The van der Waals surface area contributed by atoms with Gasteiger partial charge in [0.15, 0.2) is 0 Å². The fourth-order valence-corrected chi connectivity index (χ4v) is 1.75. The second-order valence-electron chi connectivity index (χ2n) is 3.61. The van der Waals surface area contributed by atoms with E-state index in [-0.39, 0.29) is 5.15 Å². The van der Waals surface area contributed by atoms with Crippen LogP contribution in [-0.4, -0.2) is 19.3 Å². The predicted molar refractivity (Wildman–Crippen MR) is 63.2 cm³/mol. The lowest BCUT2D eigenvalue weighted by Gasteiger charge is -2.04. The lowest BCUT2D eigenvalue weighted by atomic mass is 10.3. The van der Waals surface area contributed by atoms with E-state index in [9.17, 15) is 9.59 Å². The zero-order valence-corrected chi connectivity index (χ0v) is 9.94. The fraction of sp³-hybridized carbons (Fsp3) is 0.300. The molecule has 0 amide bonds. The molecule has 2 aromatic rings. The van der Waals surface area contributed by atoms with Crippen LogP contribution in [-0.2, 0) is 20.0 Å². The Balaban J connectivity index is 2.23. The number of aromatic nitrogens is 4. The van der Waals surface area contributed by atoms with E-state index >= 15 is 0 Å². The van der Waals surface area contributed by atoms with Gasteiger partial charge in [0.05, 0.1) is 0 Å². The number of hydrogen-bond acceptors (Lipinski definition) is 3. The highest BCUT2D eigenvalue weighted by Gasteiger charge is 2.05. The second kappa shape index (κ2) is 4.58. The molecule has 2 heterocycles. The third kappa shape index (κ3) is 2.47. The Hall–Kier alpha value is -1.82. The average Bonchev–Trinajstić information content (AvgIpc) is 2.62. The molecule has 2 rings (SSSR count). The molecule has 0 spiro atoms. The van der Waals surface area contributed by atoms with E-state index in [1.165, 1.54) is 6.07 Å². The lowest BCUT2D eigenvalue weighted by Crippen LogP contribution is -2.35. The van der Waals surface area contributed by atoms with E-state index in [1.54, 1.807) is 10.9 Å².